The Balaban J connectivity index is 2.03. The third kappa shape index (κ3) is 7.70. The molecule has 0 spiro atoms. The Labute approximate surface area is 240 Å². The second-order valence-corrected chi connectivity index (χ2v) is 12.5. The van der Waals surface area contributed by atoms with Crippen molar-refractivity contribution in [2.45, 2.75) is 64.6 Å². The highest BCUT2D eigenvalue weighted by Crippen LogP contribution is 2.27. The number of anilines is 1. The summed E-state index contributed by atoms with van der Waals surface area (Å²) in [6, 6.07) is 20.2. The minimum Gasteiger partial charge on any atom is -0.352 e. The molecule has 2 amide bonds. The Morgan fingerprint density at radius 2 is 1.54 bits per heavy atom. The van der Waals surface area contributed by atoms with E-state index in [-0.39, 0.29) is 23.4 Å². The van der Waals surface area contributed by atoms with Crippen molar-refractivity contribution in [2.24, 2.45) is 0 Å². The zero-order valence-electron chi connectivity index (χ0n) is 23.0. The third-order valence-electron chi connectivity index (χ3n) is 6.71. The molecular formula is C30H36BrN3O4S. The topological polar surface area (TPSA) is 86.8 Å². The first-order valence-electron chi connectivity index (χ1n) is 12.9. The van der Waals surface area contributed by atoms with Crippen LogP contribution in [-0.2, 0) is 26.2 Å². The van der Waals surface area contributed by atoms with E-state index in [1.165, 1.54) is 4.90 Å². The van der Waals surface area contributed by atoms with E-state index in [0.717, 1.165) is 26.3 Å². The number of aryl methyl sites for hydroxylation is 2. The minimum absolute atomic E-state index is 0.0602. The number of nitrogens with one attached hydrogen (secondary N) is 1. The van der Waals surface area contributed by atoms with Crippen molar-refractivity contribution in [1.82, 2.24) is 10.2 Å². The molecule has 2 atom stereocenters. The fraction of sp³-hybridized carbons (Fsp3) is 0.333. The maximum Gasteiger partial charge on any atom is 0.264 e. The van der Waals surface area contributed by atoms with E-state index in [2.05, 4.69) is 21.2 Å². The highest BCUT2D eigenvalue weighted by molar-refractivity contribution is 9.10. The van der Waals surface area contributed by atoms with Gasteiger partial charge in [0, 0.05) is 17.1 Å². The van der Waals surface area contributed by atoms with Gasteiger partial charge in [-0.1, -0.05) is 70.9 Å². The highest BCUT2D eigenvalue weighted by atomic mass is 79.9. The number of hydrogen-bond acceptors (Lipinski definition) is 4. The summed E-state index contributed by atoms with van der Waals surface area (Å²) in [5, 5.41) is 2.94. The minimum atomic E-state index is -4.09. The van der Waals surface area contributed by atoms with Crippen molar-refractivity contribution in [1.29, 1.82) is 0 Å². The molecular weight excluding hydrogens is 578 g/mol. The van der Waals surface area contributed by atoms with Gasteiger partial charge in [-0.15, -0.1) is 0 Å². The number of benzene rings is 3. The molecule has 0 aliphatic carbocycles. The highest BCUT2D eigenvalue weighted by Gasteiger charge is 2.33. The number of hydrogen-bond donors (Lipinski definition) is 1. The summed E-state index contributed by atoms with van der Waals surface area (Å²) in [5.41, 5.74) is 2.86. The maximum absolute atomic E-state index is 14.0. The lowest BCUT2D eigenvalue weighted by Gasteiger charge is -2.33. The predicted molar refractivity (Wildman–Crippen MR) is 159 cm³/mol. The zero-order chi connectivity index (χ0) is 28.7. The van der Waals surface area contributed by atoms with Crippen LogP contribution in [0.4, 0.5) is 5.69 Å². The van der Waals surface area contributed by atoms with Gasteiger partial charge in [-0.2, -0.15) is 0 Å². The summed E-state index contributed by atoms with van der Waals surface area (Å²) < 4.78 is 29.9. The number of halogens is 1. The van der Waals surface area contributed by atoms with Gasteiger partial charge in [-0.25, -0.2) is 8.42 Å². The van der Waals surface area contributed by atoms with Gasteiger partial charge in [0.15, 0.2) is 0 Å². The first-order valence-corrected chi connectivity index (χ1v) is 15.2. The molecule has 39 heavy (non-hydrogen) atoms. The summed E-state index contributed by atoms with van der Waals surface area (Å²) in [6.45, 7) is 8.91. The Bertz CT molecular complexity index is 1390. The molecule has 0 aromatic heterocycles. The van der Waals surface area contributed by atoms with Crippen LogP contribution < -0.4 is 9.62 Å². The van der Waals surface area contributed by atoms with Crippen molar-refractivity contribution in [3.8, 4) is 0 Å². The number of sulfonamides is 1. The molecule has 3 aromatic rings. The van der Waals surface area contributed by atoms with Gasteiger partial charge in [0.2, 0.25) is 11.8 Å². The van der Waals surface area contributed by atoms with Crippen LogP contribution in [0, 0.1) is 13.8 Å². The molecule has 0 unspecified atom stereocenters. The largest absolute Gasteiger partial charge is 0.352 e. The molecule has 0 saturated carbocycles. The van der Waals surface area contributed by atoms with Crippen LogP contribution in [0.2, 0.25) is 0 Å². The van der Waals surface area contributed by atoms with Gasteiger partial charge >= 0.3 is 0 Å². The van der Waals surface area contributed by atoms with E-state index in [1.807, 2.05) is 51.1 Å². The fourth-order valence-corrected chi connectivity index (χ4v) is 5.77. The second-order valence-electron chi connectivity index (χ2n) is 9.75. The molecule has 3 aromatic carbocycles. The van der Waals surface area contributed by atoms with Crippen molar-refractivity contribution in [3.63, 3.8) is 0 Å². The molecule has 0 heterocycles. The van der Waals surface area contributed by atoms with E-state index in [9.17, 15) is 18.0 Å². The van der Waals surface area contributed by atoms with Crippen molar-refractivity contribution >= 4 is 43.5 Å². The summed E-state index contributed by atoms with van der Waals surface area (Å²) in [7, 11) is -4.09. The Hall–Kier alpha value is -3.17. The first-order chi connectivity index (χ1) is 18.4. The average molecular weight is 615 g/mol. The van der Waals surface area contributed by atoms with E-state index >= 15 is 0 Å². The van der Waals surface area contributed by atoms with Gasteiger partial charge < -0.3 is 10.2 Å². The second kappa shape index (κ2) is 13.3. The maximum atomic E-state index is 14.0. The smallest absolute Gasteiger partial charge is 0.264 e. The SMILES string of the molecule is CC[C@@H](C)NC(=O)[C@@H](C)N(Cc1ccc(Br)cc1)C(=O)CN(c1ccccc1C)S(=O)(=O)c1ccc(C)cc1. The molecule has 3 rings (SSSR count). The van der Waals surface area contributed by atoms with Crippen molar-refractivity contribution in [3.05, 3.63) is 94.0 Å². The number of nitrogens with zero attached hydrogens (tertiary/aromatic N) is 2. The molecule has 208 valence electrons. The molecule has 0 aliphatic heterocycles. The van der Waals surface area contributed by atoms with Crippen molar-refractivity contribution < 1.29 is 18.0 Å². The molecule has 7 nitrogen and oxygen atoms in total. The molecule has 0 aliphatic rings. The van der Waals surface area contributed by atoms with Crippen LogP contribution in [0.25, 0.3) is 0 Å². The van der Waals surface area contributed by atoms with Gasteiger partial charge in [-0.3, -0.25) is 13.9 Å². The fourth-order valence-electron chi connectivity index (χ4n) is 4.03. The van der Waals surface area contributed by atoms with E-state index < -0.39 is 28.5 Å². The van der Waals surface area contributed by atoms with Gasteiger partial charge in [0.25, 0.3) is 10.0 Å². The average Bonchev–Trinajstić information content (AvgIpc) is 2.91. The van der Waals surface area contributed by atoms with Crippen LogP contribution in [0.1, 0.15) is 43.9 Å². The number of para-hydroxylation sites is 1. The lowest BCUT2D eigenvalue weighted by Crippen LogP contribution is -2.52. The molecule has 0 radical (unpaired) electrons. The summed E-state index contributed by atoms with van der Waals surface area (Å²) >= 11 is 3.42. The molecule has 0 bridgehead atoms. The van der Waals surface area contributed by atoms with Gasteiger partial charge in [0.05, 0.1) is 10.6 Å². The predicted octanol–water partition coefficient (Wildman–Crippen LogP) is 5.59. The normalized spacial score (nSPS) is 12.9. The van der Waals surface area contributed by atoms with Crippen LogP contribution >= 0.6 is 15.9 Å². The number of rotatable bonds is 11. The van der Waals surface area contributed by atoms with E-state index in [4.69, 9.17) is 0 Å². The molecule has 0 saturated heterocycles. The van der Waals surface area contributed by atoms with Crippen LogP contribution in [0.5, 0.6) is 0 Å². The standard InChI is InChI=1S/C30H36BrN3O4S/c1-6-23(4)32-30(36)24(5)33(19-25-13-15-26(31)16-14-25)29(35)20-34(28-10-8-7-9-22(28)3)39(37,38)27-17-11-21(2)12-18-27/h7-18,23-24H,6,19-20H2,1-5H3,(H,32,36)/t23-,24-/m1/s1. The van der Waals surface area contributed by atoms with Gasteiger partial charge in [0.1, 0.15) is 12.6 Å². The zero-order valence-corrected chi connectivity index (χ0v) is 25.4. The Kier molecular flexibility index (Phi) is 10.3. The van der Waals surface area contributed by atoms with E-state index in [0.29, 0.717) is 11.3 Å². The molecule has 9 heteroatoms. The lowest BCUT2D eigenvalue weighted by atomic mass is 10.1. The third-order valence-corrected chi connectivity index (χ3v) is 9.01. The number of carbonyl (C=O) groups is 2. The quantitative estimate of drug-likeness (QED) is 0.305. The Morgan fingerprint density at radius 1 is 0.923 bits per heavy atom. The summed E-state index contributed by atoms with van der Waals surface area (Å²) in [6.07, 6.45) is 0.745. The number of amides is 2. The van der Waals surface area contributed by atoms with Crippen LogP contribution in [0.3, 0.4) is 0 Å². The Morgan fingerprint density at radius 3 is 2.13 bits per heavy atom. The van der Waals surface area contributed by atoms with E-state index in [1.54, 1.807) is 56.3 Å². The lowest BCUT2D eigenvalue weighted by molar-refractivity contribution is -0.139. The first kappa shape index (κ1) is 30.4. The van der Waals surface area contributed by atoms with Crippen molar-refractivity contribution in [2.75, 3.05) is 10.8 Å². The summed E-state index contributed by atoms with van der Waals surface area (Å²) in [4.78, 5) is 28.6. The summed E-state index contributed by atoms with van der Waals surface area (Å²) in [5.74, 6) is -0.776. The molecule has 1 N–H and O–H groups in total. The van der Waals surface area contributed by atoms with Crippen LogP contribution in [0.15, 0.2) is 82.2 Å². The van der Waals surface area contributed by atoms with Gasteiger partial charge in [-0.05, 0) is 75.6 Å². The monoisotopic (exact) mass is 613 g/mol. The van der Waals surface area contributed by atoms with Crippen LogP contribution in [-0.4, -0.2) is 43.8 Å². The molecule has 0 fully saturated rings. The number of carbonyl (C=O) groups excluding carboxylic acids is 2.